The molecule has 0 radical (unpaired) electrons. The highest BCUT2D eigenvalue weighted by Crippen LogP contribution is 2.10. The second-order valence-corrected chi connectivity index (χ2v) is 6.46. The first kappa shape index (κ1) is 22.9. The zero-order chi connectivity index (χ0) is 18.0. The van der Waals surface area contributed by atoms with Gasteiger partial charge in [-0.1, -0.05) is 44.9 Å². The third-order valence-electron chi connectivity index (χ3n) is 4.19. The fourth-order valence-corrected chi connectivity index (χ4v) is 2.68. The predicted octanol–water partition coefficient (Wildman–Crippen LogP) is 2.54. The summed E-state index contributed by atoms with van der Waals surface area (Å²) in [5.74, 6) is -1.12. The van der Waals surface area contributed by atoms with E-state index in [1.165, 1.54) is 32.1 Å². The number of carboxylic acids is 1. The Kier molecular flexibility index (Phi) is 15.9. The van der Waals surface area contributed by atoms with Gasteiger partial charge in [-0.15, -0.1) is 0 Å². The van der Waals surface area contributed by atoms with Gasteiger partial charge in [0.2, 0.25) is 5.91 Å². The molecule has 6 heteroatoms. The molecule has 0 heterocycles. The Balaban J connectivity index is 3.57. The smallest absolute Gasteiger partial charge is 0.326 e. The van der Waals surface area contributed by atoms with Crippen LogP contribution in [-0.2, 0) is 9.59 Å². The number of hydrogen-bond donors (Lipinski definition) is 4. The first-order chi connectivity index (χ1) is 11.6. The van der Waals surface area contributed by atoms with Crippen LogP contribution < -0.4 is 16.8 Å². The van der Waals surface area contributed by atoms with Crippen LogP contribution in [0.4, 0.5) is 0 Å². The Morgan fingerprint density at radius 1 is 0.750 bits per heavy atom. The minimum Gasteiger partial charge on any atom is -0.480 e. The zero-order valence-corrected chi connectivity index (χ0v) is 15.1. The third-order valence-corrected chi connectivity index (χ3v) is 4.19. The second kappa shape index (κ2) is 16.7. The molecule has 0 aliphatic heterocycles. The average Bonchev–Trinajstić information content (AvgIpc) is 2.55. The molecule has 0 fully saturated rings. The first-order valence-corrected chi connectivity index (χ1v) is 9.54. The van der Waals surface area contributed by atoms with E-state index in [2.05, 4.69) is 5.32 Å². The molecular formula is C18H37N3O3. The van der Waals surface area contributed by atoms with Gasteiger partial charge in [-0.3, -0.25) is 4.79 Å². The number of hydrogen-bond acceptors (Lipinski definition) is 4. The molecule has 0 bridgehead atoms. The van der Waals surface area contributed by atoms with Gasteiger partial charge in [0.25, 0.3) is 0 Å². The molecule has 0 saturated heterocycles. The van der Waals surface area contributed by atoms with Crippen molar-refractivity contribution < 1.29 is 14.7 Å². The van der Waals surface area contributed by atoms with Gasteiger partial charge in [0, 0.05) is 6.42 Å². The van der Waals surface area contributed by atoms with E-state index in [9.17, 15) is 9.59 Å². The van der Waals surface area contributed by atoms with Crippen molar-refractivity contribution in [3.8, 4) is 0 Å². The molecule has 0 aliphatic rings. The highest BCUT2D eigenvalue weighted by atomic mass is 16.4. The van der Waals surface area contributed by atoms with E-state index in [-0.39, 0.29) is 5.91 Å². The van der Waals surface area contributed by atoms with Crippen LogP contribution in [0.5, 0.6) is 0 Å². The van der Waals surface area contributed by atoms with Crippen molar-refractivity contribution in [3.05, 3.63) is 0 Å². The fraction of sp³-hybridized carbons (Fsp3) is 0.889. The van der Waals surface area contributed by atoms with Crippen molar-refractivity contribution in [2.45, 2.75) is 89.5 Å². The quantitative estimate of drug-likeness (QED) is 0.303. The van der Waals surface area contributed by atoms with Gasteiger partial charge in [0.05, 0.1) is 0 Å². The van der Waals surface area contributed by atoms with E-state index in [0.717, 1.165) is 45.1 Å². The molecule has 24 heavy (non-hydrogen) atoms. The van der Waals surface area contributed by atoms with E-state index in [0.29, 0.717) is 19.4 Å². The molecule has 0 aromatic carbocycles. The Morgan fingerprint density at radius 2 is 1.21 bits per heavy atom. The second-order valence-electron chi connectivity index (χ2n) is 6.46. The van der Waals surface area contributed by atoms with E-state index in [4.69, 9.17) is 16.6 Å². The lowest BCUT2D eigenvalue weighted by atomic mass is 10.1. The molecule has 1 atom stereocenters. The number of carbonyl (C=O) groups is 2. The monoisotopic (exact) mass is 343 g/mol. The number of nitrogens with one attached hydrogen (secondary N) is 1. The maximum Gasteiger partial charge on any atom is 0.326 e. The van der Waals surface area contributed by atoms with Crippen molar-refractivity contribution >= 4 is 11.9 Å². The summed E-state index contributed by atoms with van der Waals surface area (Å²) in [6.07, 6.45) is 12.7. The molecule has 0 aromatic rings. The average molecular weight is 344 g/mol. The molecule has 0 aromatic heterocycles. The molecule has 0 aliphatic carbocycles. The van der Waals surface area contributed by atoms with Crippen molar-refractivity contribution in [3.63, 3.8) is 0 Å². The van der Waals surface area contributed by atoms with Gasteiger partial charge in [-0.05, 0) is 45.2 Å². The van der Waals surface area contributed by atoms with Crippen LogP contribution in [0.25, 0.3) is 0 Å². The molecule has 6 nitrogen and oxygen atoms in total. The van der Waals surface area contributed by atoms with E-state index in [1.54, 1.807) is 0 Å². The number of nitrogens with two attached hydrogens (primary N) is 2. The maximum atomic E-state index is 11.8. The van der Waals surface area contributed by atoms with Gasteiger partial charge < -0.3 is 21.9 Å². The molecule has 1 amide bonds. The number of aliphatic carboxylic acids is 1. The molecule has 6 N–H and O–H groups in total. The summed E-state index contributed by atoms with van der Waals surface area (Å²) in [5, 5.41) is 11.7. The van der Waals surface area contributed by atoms with Crippen LogP contribution in [0.15, 0.2) is 0 Å². The van der Waals surface area contributed by atoms with Crippen molar-refractivity contribution in [1.82, 2.24) is 5.32 Å². The summed E-state index contributed by atoms with van der Waals surface area (Å²) < 4.78 is 0. The van der Waals surface area contributed by atoms with Gasteiger partial charge in [0.15, 0.2) is 0 Å². The fourth-order valence-electron chi connectivity index (χ4n) is 2.68. The standard InChI is InChI=1S/C18H37N3O3/c19-14-10-7-5-3-1-2-4-6-8-13-17(22)21-16(18(23)24)12-9-11-15-20/h16H,1-15,19-20H2,(H,21,22)(H,23,24). The topological polar surface area (TPSA) is 118 Å². The molecule has 0 spiro atoms. The van der Waals surface area contributed by atoms with E-state index in [1.807, 2.05) is 0 Å². The summed E-state index contributed by atoms with van der Waals surface area (Å²) in [4.78, 5) is 22.9. The van der Waals surface area contributed by atoms with Gasteiger partial charge >= 0.3 is 5.97 Å². The van der Waals surface area contributed by atoms with E-state index >= 15 is 0 Å². The summed E-state index contributed by atoms with van der Waals surface area (Å²) in [7, 11) is 0. The lowest BCUT2D eigenvalue weighted by Gasteiger charge is -2.14. The van der Waals surface area contributed by atoms with Crippen molar-refractivity contribution in [2.24, 2.45) is 11.5 Å². The molecule has 1 unspecified atom stereocenters. The van der Waals surface area contributed by atoms with Crippen LogP contribution in [0.3, 0.4) is 0 Å². The van der Waals surface area contributed by atoms with Gasteiger partial charge in [0.1, 0.15) is 6.04 Å². The highest BCUT2D eigenvalue weighted by Gasteiger charge is 2.18. The van der Waals surface area contributed by atoms with Crippen LogP contribution in [0.2, 0.25) is 0 Å². The summed E-state index contributed by atoms with van der Waals surface area (Å²) in [6, 6.07) is -0.780. The summed E-state index contributed by atoms with van der Waals surface area (Å²) >= 11 is 0. The maximum absolute atomic E-state index is 11.8. The molecule has 142 valence electrons. The van der Waals surface area contributed by atoms with Crippen LogP contribution >= 0.6 is 0 Å². The number of carbonyl (C=O) groups excluding carboxylic acids is 1. The Labute approximate surface area is 146 Å². The minimum absolute atomic E-state index is 0.156. The molecular weight excluding hydrogens is 306 g/mol. The zero-order valence-electron chi connectivity index (χ0n) is 15.1. The lowest BCUT2D eigenvalue weighted by molar-refractivity contribution is -0.142. The third kappa shape index (κ3) is 14.5. The molecule has 0 saturated carbocycles. The Hall–Kier alpha value is -1.14. The van der Waals surface area contributed by atoms with Crippen LogP contribution in [0.1, 0.15) is 83.5 Å². The SMILES string of the molecule is NCCCCCCCCCCCC(=O)NC(CCCCN)C(=O)O. The predicted molar refractivity (Wildman–Crippen MR) is 97.7 cm³/mol. The first-order valence-electron chi connectivity index (χ1n) is 9.54. The van der Waals surface area contributed by atoms with Gasteiger partial charge in [-0.2, -0.15) is 0 Å². The Morgan fingerprint density at radius 3 is 1.71 bits per heavy atom. The number of unbranched alkanes of at least 4 members (excludes halogenated alkanes) is 9. The van der Waals surface area contributed by atoms with Gasteiger partial charge in [-0.25, -0.2) is 4.79 Å². The van der Waals surface area contributed by atoms with Crippen LogP contribution in [0, 0.1) is 0 Å². The van der Waals surface area contributed by atoms with Crippen molar-refractivity contribution in [2.75, 3.05) is 13.1 Å². The minimum atomic E-state index is -0.963. The summed E-state index contributed by atoms with van der Waals surface area (Å²) in [6.45, 7) is 1.34. The highest BCUT2D eigenvalue weighted by molar-refractivity contribution is 5.83. The normalized spacial score (nSPS) is 12.1. The van der Waals surface area contributed by atoms with Crippen LogP contribution in [-0.4, -0.2) is 36.1 Å². The number of rotatable bonds is 17. The Bertz CT molecular complexity index is 325. The van der Waals surface area contributed by atoms with Crippen molar-refractivity contribution in [1.29, 1.82) is 0 Å². The lowest BCUT2D eigenvalue weighted by Crippen LogP contribution is -2.40. The number of amides is 1. The summed E-state index contributed by atoms with van der Waals surface area (Å²) in [5.41, 5.74) is 10.9. The largest absolute Gasteiger partial charge is 0.480 e. The number of carboxylic acid groups (broad SMARTS) is 1. The molecule has 0 rings (SSSR count). The van der Waals surface area contributed by atoms with E-state index < -0.39 is 12.0 Å².